The Morgan fingerprint density at radius 2 is 2.17 bits per heavy atom. The summed E-state index contributed by atoms with van der Waals surface area (Å²) in [6.45, 7) is 7.65. The number of hydrogen-bond donors (Lipinski definition) is 2. The van der Waals surface area contributed by atoms with Gasteiger partial charge in [0.05, 0.1) is 0 Å². The normalized spacial score (nSPS) is 9.75. The van der Waals surface area contributed by atoms with Crippen molar-refractivity contribution >= 4 is 5.91 Å². The van der Waals surface area contributed by atoms with E-state index in [1.807, 2.05) is 0 Å². The lowest BCUT2D eigenvalue weighted by molar-refractivity contribution is -0.114. The molecular weight excluding hydrogens is 152 g/mol. The molecule has 0 aromatic carbocycles. The first kappa shape index (κ1) is 11.2. The molecule has 70 valence electrons. The van der Waals surface area contributed by atoms with Crippen molar-refractivity contribution in [2.24, 2.45) is 5.73 Å². The third kappa shape index (κ3) is 5.92. The van der Waals surface area contributed by atoms with E-state index in [4.69, 9.17) is 5.73 Å². The molecule has 3 nitrogen and oxygen atoms in total. The molecule has 3 heteroatoms. The van der Waals surface area contributed by atoms with E-state index in [0.29, 0.717) is 5.57 Å². The van der Waals surface area contributed by atoms with Gasteiger partial charge in [-0.15, -0.1) is 0 Å². The number of hydrogen-bond acceptors (Lipinski definition) is 2. The molecule has 0 unspecified atom stereocenters. The minimum absolute atomic E-state index is 0.376. The van der Waals surface area contributed by atoms with Crippen molar-refractivity contribution in [2.45, 2.75) is 26.2 Å². The summed E-state index contributed by atoms with van der Waals surface area (Å²) in [5.74, 6) is -0.376. The first-order valence-corrected chi connectivity index (χ1v) is 4.36. The predicted octanol–water partition coefficient (Wildman–Crippen LogP) is 0.808. The lowest BCUT2D eigenvalue weighted by atomic mass is 10.1. The van der Waals surface area contributed by atoms with Gasteiger partial charge < -0.3 is 11.1 Å². The maximum absolute atomic E-state index is 10.5. The Kier molecular flexibility index (Phi) is 6.38. The first-order chi connectivity index (χ1) is 5.68. The van der Waals surface area contributed by atoms with Crippen LogP contribution in [0.4, 0.5) is 0 Å². The van der Waals surface area contributed by atoms with Gasteiger partial charge in [-0.3, -0.25) is 4.79 Å². The summed E-state index contributed by atoms with van der Waals surface area (Å²) in [6.07, 6.45) is 2.77. The maximum Gasteiger partial charge on any atom is 0.244 e. The van der Waals surface area contributed by atoms with E-state index < -0.39 is 0 Å². The fourth-order valence-corrected chi connectivity index (χ4v) is 0.888. The molecule has 0 fully saturated rings. The van der Waals surface area contributed by atoms with Crippen LogP contribution in [0.5, 0.6) is 0 Å². The number of nitrogens with two attached hydrogens (primary N) is 1. The topological polar surface area (TPSA) is 55.1 Å². The summed E-state index contributed by atoms with van der Waals surface area (Å²) in [6, 6.07) is 0. The zero-order valence-corrected chi connectivity index (χ0v) is 7.73. The second-order valence-electron chi connectivity index (χ2n) is 2.78. The van der Waals surface area contributed by atoms with E-state index >= 15 is 0 Å². The van der Waals surface area contributed by atoms with Gasteiger partial charge in [0, 0.05) is 5.57 Å². The first-order valence-electron chi connectivity index (χ1n) is 4.36. The van der Waals surface area contributed by atoms with Gasteiger partial charge in [-0.2, -0.15) is 0 Å². The van der Waals surface area contributed by atoms with Crippen LogP contribution in [-0.4, -0.2) is 19.0 Å². The molecular formula is C9H18N2O. The van der Waals surface area contributed by atoms with Gasteiger partial charge in [0.2, 0.25) is 5.91 Å². The lowest BCUT2D eigenvalue weighted by Crippen LogP contribution is -2.15. The van der Waals surface area contributed by atoms with E-state index in [0.717, 1.165) is 32.4 Å². The maximum atomic E-state index is 10.5. The second kappa shape index (κ2) is 6.85. The number of nitrogens with one attached hydrogen (secondary N) is 1. The molecule has 0 heterocycles. The Balaban J connectivity index is 3.20. The van der Waals surface area contributed by atoms with E-state index in [2.05, 4.69) is 18.8 Å². The Morgan fingerprint density at radius 3 is 2.67 bits per heavy atom. The zero-order chi connectivity index (χ0) is 9.40. The van der Waals surface area contributed by atoms with Crippen molar-refractivity contribution in [3.05, 3.63) is 12.2 Å². The van der Waals surface area contributed by atoms with Crippen molar-refractivity contribution in [3.8, 4) is 0 Å². The summed E-state index contributed by atoms with van der Waals surface area (Å²) in [4.78, 5) is 10.5. The molecule has 0 aliphatic rings. The highest BCUT2D eigenvalue weighted by Crippen LogP contribution is 2.03. The largest absolute Gasteiger partial charge is 0.366 e. The van der Waals surface area contributed by atoms with Crippen LogP contribution in [0.1, 0.15) is 26.2 Å². The average molecular weight is 170 g/mol. The van der Waals surface area contributed by atoms with Gasteiger partial charge in [0.25, 0.3) is 0 Å². The predicted molar refractivity (Wildman–Crippen MR) is 50.7 cm³/mol. The summed E-state index contributed by atoms with van der Waals surface area (Å²) >= 11 is 0. The van der Waals surface area contributed by atoms with Crippen molar-refractivity contribution in [1.82, 2.24) is 5.32 Å². The molecule has 0 aromatic heterocycles. The van der Waals surface area contributed by atoms with E-state index in [1.54, 1.807) is 0 Å². The number of unbranched alkanes of at least 4 members (excludes halogenated alkanes) is 1. The standard InChI is InChI=1S/C9H18N2O/c1-3-11-7-5-4-6-8(2)9(10)12/h11H,2-7H2,1H3,(H2,10,12). The van der Waals surface area contributed by atoms with Crippen LogP contribution in [0.2, 0.25) is 0 Å². The van der Waals surface area contributed by atoms with E-state index in [-0.39, 0.29) is 5.91 Å². The number of carbonyl (C=O) groups excluding carboxylic acids is 1. The fourth-order valence-electron chi connectivity index (χ4n) is 0.888. The summed E-state index contributed by atoms with van der Waals surface area (Å²) in [5.41, 5.74) is 5.56. The Hall–Kier alpha value is -0.830. The molecule has 1 amide bonds. The highest BCUT2D eigenvalue weighted by Gasteiger charge is 1.99. The lowest BCUT2D eigenvalue weighted by Gasteiger charge is -2.01. The number of primary amides is 1. The highest BCUT2D eigenvalue weighted by atomic mass is 16.1. The molecule has 0 saturated heterocycles. The third-order valence-electron chi connectivity index (χ3n) is 1.68. The Labute approximate surface area is 74.0 Å². The van der Waals surface area contributed by atoms with E-state index in [1.165, 1.54) is 0 Å². The van der Waals surface area contributed by atoms with E-state index in [9.17, 15) is 4.79 Å². The van der Waals surface area contributed by atoms with Gasteiger partial charge in [0.15, 0.2) is 0 Å². The summed E-state index contributed by atoms with van der Waals surface area (Å²) < 4.78 is 0. The molecule has 0 aliphatic heterocycles. The van der Waals surface area contributed by atoms with Crippen molar-refractivity contribution in [3.63, 3.8) is 0 Å². The van der Waals surface area contributed by atoms with Crippen molar-refractivity contribution < 1.29 is 4.79 Å². The van der Waals surface area contributed by atoms with Gasteiger partial charge in [0.1, 0.15) is 0 Å². The quantitative estimate of drug-likeness (QED) is 0.439. The molecule has 0 spiro atoms. The fraction of sp³-hybridized carbons (Fsp3) is 0.667. The van der Waals surface area contributed by atoms with Crippen LogP contribution < -0.4 is 11.1 Å². The van der Waals surface area contributed by atoms with Crippen LogP contribution in [0.3, 0.4) is 0 Å². The van der Waals surface area contributed by atoms with Crippen LogP contribution in [-0.2, 0) is 4.79 Å². The molecule has 0 bridgehead atoms. The highest BCUT2D eigenvalue weighted by molar-refractivity contribution is 5.91. The minimum atomic E-state index is -0.376. The number of rotatable bonds is 7. The molecule has 0 aliphatic carbocycles. The smallest absolute Gasteiger partial charge is 0.244 e. The number of carbonyl (C=O) groups is 1. The van der Waals surface area contributed by atoms with Gasteiger partial charge in [-0.25, -0.2) is 0 Å². The molecule has 0 atom stereocenters. The molecule has 0 aromatic rings. The minimum Gasteiger partial charge on any atom is -0.366 e. The molecule has 0 radical (unpaired) electrons. The summed E-state index contributed by atoms with van der Waals surface area (Å²) in [7, 11) is 0. The Bertz CT molecular complexity index is 155. The van der Waals surface area contributed by atoms with Crippen LogP contribution in [0.25, 0.3) is 0 Å². The van der Waals surface area contributed by atoms with Gasteiger partial charge >= 0.3 is 0 Å². The Morgan fingerprint density at radius 1 is 1.50 bits per heavy atom. The van der Waals surface area contributed by atoms with Gasteiger partial charge in [-0.05, 0) is 32.4 Å². The number of amides is 1. The average Bonchev–Trinajstić information content (AvgIpc) is 2.03. The second-order valence-corrected chi connectivity index (χ2v) is 2.78. The zero-order valence-electron chi connectivity index (χ0n) is 7.73. The van der Waals surface area contributed by atoms with Gasteiger partial charge in [-0.1, -0.05) is 13.5 Å². The molecule has 3 N–H and O–H groups in total. The SMILES string of the molecule is C=C(CCCCNCC)C(N)=O. The van der Waals surface area contributed by atoms with Crippen LogP contribution in [0, 0.1) is 0 Å². The molecule has 0 saturated carbocycles. The molecule has 0 rings (SSSR count). The molecule has 12 heavy (non-hydrogen) atoms. The summed E-state index contributed by atoms with van der Waals surface area (Å²) in [5, 5.41) is 3.21. The van der Waals surface area contributed by atoms with Crippen molar-refractivity contribution in [1.29, 1.82) is 0 Å². The monoisotopic (exact) mass is 170 g/mol. The van der Waals surface area contributed by atoms with Crippen LogP contribution in [0.15, 0.2) is 12.2 Å². The van der Waals surface area contributed by atoms with Crippen molar-refractivity contribution in [2.75, 3.05) is 13.1 Å². The third-order valence-corrected chi connectivity index (χ3v) is 1.68. The van der Waals surface area contributed by atoms with Crippen LogP contribution >= 0.6 is 0 Å².